The first-order chi connectivity index (χ1) is 19.6. The molecule has 0 unspecified atom stereocenters. The Labute approximate surface area is 245 Å². The summed E-state index contributed by atoms with van der Waals surface area (Å²) in [5.41, 5.74) is -0.0899. The maximum atomic E-state index is 13.8. The number of thiophene rings is 1. The standard InChI is InChI=1S/C33H40O7S/c1-17-14-24(38-29(36)20(17)16-34)18(2)21-7-8-22-19-15-28-33(40-28)27(39-30(37)25-6-5-13-41-25)10-9-26(35)32(33,4)23(19)11-12-31(21,22)3/h5-6,9-10,13,18-19,21-24,27-28,34H,7-8,11-12,14-16H2,1-4H3/t18-,19-,21+,22-,23-,24+,27-,28+,31+,32-,33+/m0/s1. The molecule has 3 saturated carbocycles. The zero-order valence-corrected chi connectivity index (χ0v) is 25.1. The minimum atomic E-state index is -0.781. The molecule has 4 aliphatic carbocycles. The summed E-state index contributed by atoms with van der Waals surface area (Å²) < 4.78 is 18.5. The first kappa shape index (κ1) is 27.5. The molecule has 0 radical (unpaired) electrons. The predicted molar refractivity (Wildman–Crippen MR) is 152 cm³/mol. The second-order valence-electron chi connectivity index (χ2n) is 13.9. The van der Waals surface area contributed by atoms with Crippen LogP contribution in [-0.2, 0) is 23.8 Å². The van der Waals surface area contributed by atoms with Crippen LogP contribution in [0.2, 0.25) is 0 Å². The fourth-order valence-electron chi connectivity index (χ4n) is 10.4. The van der Waals surface area contributed by atoms with Crippen molar-refractivity contribution >= 4 is 29.1 Å². The molecule has 1 aromatic rings. The number of ether oxygens (including phenoxy) is 3. The van der Waals surface area contributed by atoms with Crippen LogP contribution in [-0.4, -0.2) is 53.3 Å². The van der Waals surface area contributed by atoms with Gasteiger partial charge >= 0.3 is 11.9 Å². The fraction of sp³-hybridized carbons (Fsp3) is 0.667. The Morgan fingerprint density at radius 3 is 2.73 bits per heavy atom. The molecule has 0 bridgehead atoms. The van der Waals surface area contributed by atoms with E-state index in [2.05, 4.69) is 20.8 Å². The van der Waals surface area contributed by atoms with Gasteiger partial charge in [0, 0.05) is 6.42 Å². The number of aliphatic hydroxyl groups is 1. The van der Waals surface area contributed by atoms with Crippen molar-refractivity contribution in [3.8, 4) is 0 Å². The third-order valence-electron chi connectivity index (χ3n) is 12.5. The van der Waals surface area contributed by atoms with Crippen LogP contribution < -0.4 is 0 Å². The number of aliphatic hydroxyl groups excluding tert-OH is 1. The molecular weight excluding hydrogens is 540 g/mol. The number of ketones is 1. The molecule has 0 amide bonds. The van der Waals surface area contributed by atoms with Crippen LogP contribution in [0.1, 0.15) is 75.9 Å². The molecule has 6 aliphatic rings. The number of carbonyl (C=O) groups is 3. The number of cyclic esters (lactones) is 1. The number of fused-ring (bicyclic) bond motifs is 4. The molecular formula is C33H40O7S. The molecule has 11 atom stereocenters. The molecule has 3 heterocycles. The zero-order valence-electron chi connectivity index (χ0n) is 24.3. The van der Waals surface area contributed by atoms with Crippen molar-refractivity contribution in [3.05, 3.63) is 45.7 Å². The van der Waals surface area contributed by atoms with E-state index in [0.29, 0.717) is 34.6 Å². The van der Waals surface area contributed by atoms with Crippen LogP contribution in [0, 0.1) is 40.4 Å². The number of epoxide rings is 1. The minimum absolute atomic E-state index is 0.0890. The summed E-state index contributed by atoms with van der Waals surface area (Å²) in [5, 5.41) is 11.5. The van der Waals surface area contributed by atoms with Crippen molar-refractivity contribution in [1.82, 2.24) is 0 Å². The van der Waals surface area contributed by atoms with E-state index < -0.39 is 17.1 Å². The quantitative estimate of drug-likeness (QED) is 0.374. The van der Waals surface area contributed by atoms with Gasteiger partial charge in [0.05, 0.1) is 23.7 Å². The van der Waals surface area contributed by atoms with Gasteiger partial charge in [-0.25, -0.2) is 9.59 Å². The van der Waals surface area contributed by atoms with Crippen LogP contribution in [0.4, 0.5) is 0 Å². The fourth-order valence-corrected chi connectivity index (χ4v) is 11.0. The second-order valence-corrected chi connectivity index (χ2v) is 14.8. The minimum Gasteiger partial charge on any atom is -0.458 e. The molecule has 8 heteroatoms. The highest BCUT2D eigenvalue weighted by Gasteiger charge is 2.81. The van der Waals surface area contributed by atoms with Gasteiger partial charge in [-0.3, -0.25) is 4.79 Å². The van der Waals surface area contributed by atoms with Crippen LogP contribution in [0.25, 0.3) is 0 Å². The molecule has 0 aromatic carbocycles. The van der Waals surface area contributed by atoms with E-state index in [4.69, 9.17) is 14.2 Å². The summed E-state index contributed by atoms with van der Waals surface area (Å²) in [6, 6.07) is 3.60. The van der Waals surface area contributed by atoms with Crippen molar-refractivity contribution in [3.63, 3.8) is 0 Å². The summed E-state index contributed by atoms with van der Waals surface area (Å²) in [4.78, 5) is 39.9. The third-order valence-corrected chi connectivity index (χ3v) is 13.4. The second kappa shape index (κ2) is 9.35. The van der Waals surface area contributed by atoms with E-state index >= 15 is 0 Å². The van der Waals surface area contributed by atoms with Crippen LogP contribution in [0.5, 0.6) is 0 Å². The largest absolute Gasteiger partial charge is 0.458 e. The molecule has 220 valence electrons. The lowest BCUT2D eigenvalue weighted by molar-refractivity contribution is -0.156. The number of carbonyl (C=O) groups excluding carboxylic acids is 3. The van der Waals surface area contributed by atoms with Gasteiger partial charge in [-0.05, 0) is 105 Å². The average molecular weight is 581 g/mol. The van der Waals surface area contributed by atoms with Gasteiger partial charge in [0.15, 0.2) is 11.9 Å². The summed E-state index contributed by atoms with van der Waals surface area (Å²) >= 11 is 1.36. The highest BCUT2D eigenvalue weighted by atomic mass is 32.1. The molecule has 1 spiro atoms. The van der Waals surface area contributed by atoms with E-state index in [1.165, 1.54) is 11.3 Å². The maximum Gasteiger partial charge on any atom is 0.348 e. The predicted octanol–water partition coefficient (Wildman–Crippen LogP) is 5.28. The van der Waals surface area contributed by atoms with E-state index in [1.54, 1.807) is 18.2 Å². The van der Waals surface area contributed by atoms with E-state index in [1.807, 2.05) is 18.4 Å². The molecule has 4 fully saturated rings. The molecule has 1 aromatic heterocycles. The van der Waals surface area contributed by atoms with Gasteiger partial charge in [-0.2, -0.15) is 0 Å². The van der Waals surface area contributed by atoms with Gasteiger partial charge in [0.2, 0.25) is 0 Å². The van der Waals surface area contributed by atoms with Gasteiger partial charge in [-0.1, -0.05) is 25.5 Å². The lowest BCUT2D eigenvalue weighted by Gasteiger charge is -2.58. The van der Waals surface area contributed by atoms with Crippen molar-refractivity contribution in [2.75, 3.05) is 6.61 Å². The van der Waals surface area contributed by atoms with E-state index in [9.17, 15) is 19.5 Å². The van der Waals surface area contributed by atoms with Crippen molar-refractivity contribution < 1.29 is 33.7 Å². The smallest absolute Gasteiger partial charge is 0.348 e. The Kier molecular flexibility index (Phi) is 6.28. The van der Waals surface area contributed by atoms with Crippen molar-refractivity contribution in [2.45, 2.75) is 90.1 Å². The van der Waals surface area contributed by atoms with Gasteiger partial charge in [-0.15, -0.1) is 11.3 Å². The Hall–Kier alpha value is -2.29. The first-order valence-corrected chi connectivity index (χ1v) is 16.1. The number of allylic oxidation sites excluding steroid dienone is 1. The number of hydrogen-bond acceptors (Lipinski definition) is 8. The van der Waals surface area contributed by atoms with Crippen LogP contribution in [0.15, 0.2) is 40.8 Å². The number of esters is 2. The Bertz CT molecular complexity index is 1350. The highest BCUT2D eigenvalue weighted by molar-refractivity contribution is 7.11. The summed E-state index contributed by atoms with van der Waals surface area (Å²) in [6.07, 6.45) is 8.21. The average Bonchev–Trinajstić information content (AvgIpc) is 3.26. The van der Waals surface area contributed by atoms with Gasteiger partial charge < -0.3 is 19.3 Å². The molecule has 1 N–H and O–H groups in total. The van der Waals surface area contributed by atoms with E-state index in [-0.39, 0.29) is 53.8 Å². The molecule has 7 rings (SSSR count). The molecule has 7 nitrogen and oxygen atoms in total. The lowest BCUT2D eigenvalue weighted by atomic mass is 9.44. The maximum absolute atomic E-state index is 13.8. The number of hydrogen-bond donors (Lipinski definition) is 1. The van der Waals surface area contributed by atoms with Crippen LogP contribution >= 0.6 is 11.3 Å². The zero-order chi connectivity index (χ0) is 28.9. The van der Waals surface area contributed by atoms with Crippen molar-refractivity contribution in [2.24, 2.45) is 40.4 Å². The Morgan fingerprint density at radius 2 is 2.02 bits per heavy atom. The van der Waals surface area contributed by atoms with Crippen molar-refractivity contribution in [1.29, 1.82) is 0 Å². The topological polar surface area (TPSA) is 102 Å². The summed E-state index contributed by atoms with van der Waals surface area (Å²) in [5.74, 6) is 0.962. The lowest BCUT2D eigenvalue weighted by Crippen LogP contribution is -2.64. The summed E-state index contributed by atoms with van der Waals surface area (Å²) in [6.45, 7) is 8.40. The third kappa shape index (κ3) is 3.65. The molecule has 1 saturated heterocycles. The number of rotatable bonds is 5. The van der Waals surface area contributed by atoms with Crippen LogP contribution in [0.3, 0.4) is 0 Å². The SMILES string of the molecule is CC1=C(CO)C(=O)O[C@@H]([C@@H](C)[C@H]2CC[C@H]3[C@@H]4C[C@H]5O[C@]56[C@@H](OC(=O)c5cccs5)C=CC(=O)[C@]6(C)[C@H]4CC[C@]23C)C1. The normalized spacial score (nSPS) is 45.2. The van der Waals surface area contributed by atoms with Gasteiger partial charge in [0.25, 0.3) is 0 Å². The monoisotopic (exact) mass is 580 g/mol. The Balaban J connectivity index is 1.14. The van der Waals surface area contributed by atoms with E-state index in [0.717, 1.165) is 37.7 Å². The summed E-state index contributed by atoms with van der Waals surface area (Å²) in [7, 11) is 0. The first-order valence-electron chi connectivity index (χ1n) is 15.2. The molecule has 2 aliphatic heterocycles. The highest BCUT2D eigenvalue weighted by Crippen LogP contribution is 2.73. The Morgan fingerprint density at radius 1 is 1.22 bits per heavy atom. The molecule has 41 heavy (non-hydrogen) atoms. The van der Waals surface area contributed by atoms with Gasteiger partial charge in [0.1, 0.15) is 16.6 Å².